The highest BCUT2D eigenvalue weighted by Crippen LogP contribution is 2.30. The van der Waals surface area contributed by atoms with E-state index >= 15 is 0 Å². The summed E-state index contributed by atoms with van der Waals surface area (Å²) in [5.41, 5.74) is 3.30. The van der Waals surface area contributed by atoms with E-state index in [0.29, 0.717) is 18.2 Å². The number of aromatic nitrogens is 1. The zero-order valence-electron chi connectivity index (χ0n) is 18.5. The van der Waals surface area contributed by atoms with E-state index in [2.05, 4.69) is 68.1 Å². The largest absolute Gasteiger partial charge is 0.308 e. The maximum Gasteiger partial charge on any atom is 0.233 e. The molecule has 0 spiro atoms. The molecule has 0 aliphatic heterocycles. The Morgan fingerprint density at radius 1 is 1.07 bits per heavy atom. The van der Waals surface area contributed by atoms with Gasteiger partial charge in [0.15, 0.2) is 5.13 Å². The van der Waals surface area contributed by atoms with Crippen molar-refractivity contribution in [1.29, 1.82) is 0 Å². The van der Waals surface area contributed by atoms with E-state index in [4.69, 9.17) is 4.98 Å². The number of thioether (sulfide) groups is 1. The maximum absolute atomic E-state index is 13.3. The van der Waals surface area contributed by atoms with E-state index in [1.807, 2.05) is 30.8 Å². The molecule has 1 amide bonds. The summed E-state index contributed by atoms with van der Waals surface area (Å²) in [5.74, 6) is 0.0934. The van der Waals surface area contributed by atoms with Gasteiger partial charge in [0.1, 0.15) is 0 Å². The number of rotatable bonds is 9. The van der Waals surface area contributed by atoms with Crippen molar-refractivity contribution >= 4 is 44.4 Å². The number of amides is 1. The van der Waals surface area contributed by atoms with Crippen LogP contribution in [0.2, 0.25) is 0 Å². The van der Waals surface area contributed by atoms with Crippen LogP contribution in [-0.2, 0) is 17.6 Å². The molecule has 0 radical (unpaired) electrons. The van der Waals surface area contributed by atoms with Crippen LogP contribution in [0.5, 0.6) is 0 Å². The van der Waals surface area contributed by atoms with Crippen molar-refractivity contribution in [3.63, 3.8) is 0 Å². The number of benzene rings is 2. The third-order valence-electron chi connectivity index (χ3n) is 4.80. The number of carbonyl (C=O) groups is 1. The van der Waals surface area contributed by atoms with Crippen molar-refractivity contribution in [3.8, 4) is 0 Å². The van der Waals surface area contributed by atoms with Crippen LogP contribution in [0.1, 0.15) is 31.9 Å². The summed E-state index contributed by atoms with van der Waals surface area (Å²) in [6.45, 7) is 7.96. The Balaban J connectivity index is 1.81. The third kappa shape index (κ3) is 6.06. The molecule has 0 unspecified atom stereocenters. The van der Waals surface area contributed by atoms with Crippen LogP contribution in [0, 0.1) is 0 Å². The monoisotopic (exact) mass is 441 g/mol. The lowest BCUT2D eigenvalue weighted by Gasteiger charge is -2.22. The van der Waals surface area contributed by atoms with E-state index < -0.39 is 0 Å². The van der Waals surface area contributed by atoms with Gasteiger partial charge in [-0.15, -0.1) is 11.8 Å². The molecular formula is C24H31N3OS2. The van der Waals surface area contributed by atoms with Crippen LogP contribution >= 0.6 is 23.1 Å². The normalized spacial score (nSPS) is 11.6. The van der Waals surface area contributed by atoms with E-state index in [1.165, 1.54) is 10.5 Å². The molecule has 0 fully saturated rings. The standard InChI is InChI=1S/C24H31N3OS2/c1-6-18-9-12-21-22(15-18)30-24(25-21)27(14-13-26(4)5)23(28)16-19-7-10-20(11-8-19)29-17(2)3/h7-12,15,17H,6,13-14,16H2,1-5H3. The lowest BCUT2D eigenvalue weighted by atomic mass is 10.1. The van der Waals surface area contributed by atoms with Gasteiger partial charge in [-0.05, 0) is 55.9 Å². The molecule has 160 valence electrons. The Hall–Kier alpha value is -1.89. The minimum Gasteiger partial charge on any atom is -0.308 e. The molecule has 1 aromatic heterocycles. The molecule has 2 aromatic carbocycles. The predicted molar refractivity (Wildman–Crippen MR) is 131 cm³/mol. The zero-order chi connectivity index (χ0) is 21.7. The molecule has 0 atom stereocenters. The zero-order valence-corrected chi connectivity index (χ0v) is 20.1. The predicted octanol–water partition coefficient (Wildman–Crippen LogP) is 5.50. The molecule has 3 rings (SSSR count). The molecule has 6 heteroatoms. The average molecular weight is 442 g/mol. The Bertz CT molecular complexity index is 980. The van der Waals surface area contributed by atoms with Crippen molar-refractivity contribution in [2.45, 2.75) is 43.8 Å². The fourth-order valence-electron chi connectivity index (χ4n) is 3.15. The van der Waals surface area contributed by atoms with Crippen LogP contribution in [0.3, 0.4) is 0 Å². The second kappa shape index (κ2) is 10.4. The van der Waals surface area contributed by atoms with Gasteiger partial charge in [-0.2, -0.15) is 0 Å². The summed E-state index contributed by atoms with van der Waals surface area (Å²) in [5, 5.41) is 1.34. The first-order chi connectivity index (χ1) is 14.4. The summed E-state index contributed by atoms with van der Waals surface area (Å²) >= 11 is 3.44. The van der Waals surface area contributed by atoms with Crippen LogP contribution in [0.4, 0.5) is 5.13 Å². The van der Waals surface area contributed by atoms with E-state index in [-0.39, 0.29) is 5.91 Å². The fourth-order valence-corrected chi connectivity index (χ4v) is 5.06. The fraction of sp³-hybridized carbons (Fsp3) is 0.417. The number of aryl methyl sites for hydroxylation is 1. The molecule has 30 heavy (non-hydrogen) atoms. The molecule has 0 bridgehead atoms. The number of thiazole rings is 1. The number of nitrogens with zero attached hydrogens (tertiary/aromatic N) is 3. The van der Waals surface area contributed by atoms with Gasteiger partial charge in [-0.1, -0.05) is 50.3 Å². The number of carbonyl (C=O) groups excluding carboxylic acids is 1. The van der Waals surface area contributed by atoms with Gasteiger partial charge in [0.25, 0.3) is 0 Å². The van der Waals surface area contributed by atoms with E-state index in [1.54, 1.807) is 11.3 Å². The summed E-state index contributed by atoms with van der Waals surface area (Å²) < 4.78 is 1.14. The second-order valence-corrected chi connectivity index (χ2v) is 10.6. The lowest BCUT2D eigenvalue weighted by Crippen LogP contribution is -2.37. The number of fused-ring (bicyclic) bond motifs is 1. The van der Waals surface area contributed by atoms with Gasteiger partial charge in [0.05, 0.1) is 16.6 Å². The number of likely N-dealkylation sites (N-methyl/N-ethyl adjacent to an activating group) is 1. The number of hydrogen-bond acceptors (Lipinski definition) is 5. The van der Waals surface area contributed by atoms with E-state index in [0.717, 1.165) is 33.9 Å². The van der Waals surface area contributed by atoms with Crippen molar-refractivity contribution in [2.75, 3.05) is 32.1 Å². The number of anilines is 1. The summed E-state index contributed by atoms with van der Waals surface area (Å²) in [6, 6.07) is 14.7. The van der Waals surface area contributed by atoms with Gasteiger partial charge in [-0.25, -0.2) is 4.98 Å². The Labute approximate surface area is 188 Å². The first kappa shape index (κ1) is 22.8. The highest BCUT2D eigenvalue weighted by atomic mass is 32.2. The minimum atomic E-state index is 0.0934. The van der Waals surface area contributed by atoms with Crippen LogP contribution in [0.15, 0.2) is 47.4 Å². The first-order valence-electron chi connectivity index (χ1n) is 10.5. The third-order valence-corrected chi connectivity index (χ3v) is 6.86. The van der Waals surface area contributed by atoms with Crippen molar-refractivity contribution in [1.82, 2.24) is 9.88 Å². The summed E-state index contributed by atoms with van der Waals surface area (Å²) in [6.07, 6.45) is 1.38. The van der Waals surface area contributed by atoms with Gasteiger partial charge in [0, 0.05) is 23.2 Å². The SMILES string of the molecule is CCc1ccc2nc(N(CCN(C)C)C(=O)Cc3ccc(SC(C)C)cc3)sc2c1. The number of hydrogen-bond donors (Lipinski definition) is 0. The molecule has 0 saturated carbocycles. The molecule has 0 saturated heterocycles. The van der Waals surface area contributed by atoms with Crippen molar-refractivity contribution in [3.05, 3.63) is 53.6 Å². The molecule has 1 heterocycles. The average Bonchev–Trinajstić information content (AvgIpc) is 3.11. The van der Waals surface area contributed by atoms with Gasteiger partial charge in [0.2, 0.25) is 5.91 Å². The topological polar surface area (TPSA) is 36.4 Å². The Morgan fingerprint density at radius 2 is 1.77 bits per heavy atom. The second-order valence-electron chi connectivity index (χ2n) is 7.99. The smallest absolute Gasteiger partial charge is 0.233 e. The summed E-state index contributed by atoms with van der Waals surface area (Å²) in [4.78, 5) is 23.2. The Kier molecular flexibility index (Phi) is 7.92. The highest BCUT2D eigenvalue weighted by molar-refractivity contribution is 7.99. The highest BCUT2D eigenvalue weighted by Gasteiger charge is 2.20. The molecular weight excluding hydrogens is 410 g/mol. The van der Waals surface area contributed by atoms with Crippen molar-refractivity contribution < 1.29 is 4.79 Å². The maximum atomic E-state index is 13.3. The summed E-state index contributed by atoms with van der Waals surface area (Å²) in [7, 11) is 4.05. The van der Waals surface area contributed by atoms with Crippen LogP contribution in [0.25, 0.3) is 10.2 Å². The molecule has 3 aromatic rings. The van der Waals surface area contributed by atoms with Crippen molar-refractivity contribution in [2.24, 2.45) is 0 Å². The molecule has 0 N–H and O–H groups in total. The molecule has 0 aliphatic rings. The molecule has 0 aliphatic carbocycles. The first-order valence-corrected chi connectivity index (χ1v) is 12.2. The van der Waals surface area contributed by atoms with Gasteiger partial charge in [-0.3, -0.25) is 9.69 Å². The van der Waals surface area contributed by atoms with E-state index in [9.17, 15) is 4.79 Å². The molecule has 4 nitrogen and oxygen atoms in total. The van der Waals surface area contributed by atoms with Gasteiger partial charge >= 0.3 is 0 Å². The lowest BCUT2D eigenvalue weighted by molar-refractivity contribution is -0.118. The quantitative estimate of drug-likeness (QED) is 0.411. The van der Waals surface area contributed by atoms with Crippen LogP contribution < -0.4 is 4.90 Å². The van der Waals surface area contributed by atoms with Gasteiger partial charge < -0.3 is 4.90 Å². The Morgan fingerprint density at radius 3 is 2.40 bits per heavy atom. The van der Waals surface area contributed by atoms with Crippen LogP contribution in [-0.4, -0.2) is 48.2 Å². The minimum absolute atomic E-state index is 0.0934.